The second kappa shape index (κ2) is 15.4. The summed E-state index contributed by atoms with van der Waals surface area (Å²) in [5, 5.41) is 6.68. The molecule has 2 aromatic carbocycles. The molecule has 0 radical (unpaired) electrons. The number of piperidine rings is 2. The summed E-state index contributed by atoms with van der Waals surface area (Å²) >= 11 is 0. The molecule has 0 spiro atoms. The van der Waals surface area contributed by atoms with Gasteiger partial charge in [0.2, 0.25) is 17.7 Å². The van der Waals surface area contributed by atoms with Crippen LogP contribution in [-0.2, 0) is 27.2 Å². The molecule has 0 bridgehead atoms. The van der Waals surface area contributed by atoms with Crippen LogP contribution < -0.4 is 10.6 Å². The van der Waals surface area contributed by atoms with Crippen molar-refractivity contribution in [1.82, 2.24) is 25.3 Å². The molecule has 45 heavy (non-hydrogen) atoms. The van der Waals surface area contributed by atoms with Gasteiger partial charge in [0.25, 0.3) is 0 Å². The van der Waals surface area contributed by atoms with E-state index in [1.54, 1.807) is 6.92 Å². The van der Waals surface area contributed by atoms with Gasteiger partial charge in [0.05, 0.1) is 0 Å². The van der Waals surface area contributed by atoms with Crippen molar-refractivity contribution in [2.75, 3.05) is 39.3 Å². The van der Waals surface area contributed by atoms with E-state index in [9.17, 15) is 14.4 Å². The Balaban J connectivity index is 1.23. The molecule has 8 heteroatoms. The first-order valence-electron chi connectivity index (χ1n) is 17.1. The van der Waals surface area contributed by atoms with Gasteiger partial charge in [-0.05, 0) is 68.2 Å². The van der Waals surface area contributed by atoms with Crippen molar-refractivity contribution in [1.29, 1.82) is 0 Å². The van der Waals surface area contributed by atoms with Crippen molar-refractivity contribution < 1.29 is 14.4 Å². The maximum atomic E-state index is 14.1. The Kier molecular flexibility index (Phi) is 11.3. The number of benzene rings is 2. The average Bonchev–Trinajstić information content (AvgIpc) is 3.04. The van der Waals surface area contributed by atoms with Crippen LogP contribution in [0, 0.1) is 12.8 Å². The topological polar surface area (TPSA) is 85.0 Å². The summed E-state index contributed by atoms with van der Waals surface area (Å²) in [5.41, 5.74) is 4.70. The number of carbonyl (C=O) groups is 3. The maximum Gasteiger partial charge on any atom is 0.245 e. The number of carbonyl (C=O) groups excluding carboxylic acids is 3. The molecular formula is C37H53N5O3. The second-order valence-electron chi connectivity index (χ2n) is 13.9. The molecule has 244 valence electrons. The minimum absolute atomic E-state index is 0.0181. The Hall–Kier alpha value is -3.23. The van der Waals surface area contributed by atoms with Gasteiger partial charge in [0, 0.05) is 70.6 Å². The fourth-order valence-electron chi connectivity index (χ4n) is 7.54. The van der Waals surface area contributed by atoms with E-state index < -0.39 is 6.04 Å². The lowest BCUT2D eigenvalue weighted by Gasteiger charge is -2.46. The van der Waals surface area contributed by atoms with Crippen LogP contribution in [0.2, 0.25) is 0 Å². The van der Waals surface area contributed by atoms with Gasteiger partial charge in [-0.15, -0.1) is 0 Å². The summed E-state index contributed by atoms with van der Waals surface area (Å²) in [6.45, 7) is 13.2. The molecule has 0 aromatic heterocycles. The molecule has 0 saturated carbocycles. The van der Waals surface area contributed by atoms with E-state index in [2.05, 4.69) is 78.8 Å². The van der Waals surface area contributed by atoms with Crippen LogP contribution in [0.5, 0.6) is 0 Å². The minimum Gasteiger partial charge on any atom is -0.344 e. The minimum atomic E-state index is -0.599. The third-order valence-corrected chi connectivity index (χ3v) is 10.00. The molecule has 0 unspecified atom stereocenters. The smallest absolute Gasteiger partial charge is 0.245 e. The van der Waals surface area contributed by atoms with Crippen molar-refractivity contribution >= 4 is 17.7 Å². The average molecular weight is 616 g/mol. The molecule has 2 atom stereocenters. The number of hydrogen-bond donors (Lipinski definition) is 2. The van der Waals surface area contributed by atoms with Crippen LogP contribution in [0.15, 0.2) is 48.5 Å². The van der Waals surface area contributed by atoms with Crippen LogP contribution in [0.1, 0.15) is 81.2 Å². The highest BCUT2D eigenvalue weighted by Gasteiger charge is 2.35. The SMILES string of the molecule is CC(=O)N1CCC(N(CC(C)C)C2CCN(C(=O)[C@@H](Cc3ccc(C)cc3)NC(=O)C[C@H]3NCCc4ccccc43)CC2)CC1. The summed E-state index contributed by atoms with van der Waals surface area (Å²) in [7, 11) is 0. The highest BCUT2D eigenvalue weighted by Crippen LogP contribution is 2.27. The van der Waals surface area contributed by atoms with Crippen molar-refractivity contribution in [2.45, 2.75) is 96.8 Å². The first-order valence-corrected chi connectivity index (χ1v) is 17.1. The van der Waals surface area contributed by atoms with E-state index in [4.69, 9.17) is 0 Å². The van der Waals surface area contributed by atoms with E-state index in [1.165, 1.54) is 16.7 Å². The fraction of sp³-hybridized carbons (Fsp3) is 0.595. The van der Waals surface area contributed by atoms with E-state index >= 15 is 0 Å². The number of nitrogens with zero attached hydrogens (tertiary/aromatic N) is 3. The molecular weight excluding hydrogens is 562 g/mol. The van der Waals surface area contributed by atoms with Crippen LogP contribution in [-0.4, -0.2) is 89.8 Å². The van der Waals surface area contributed by atoms with Gasteiger partial charge in [-0.3, -0.25) is 19.3 Å². The molecule has 8 nitrogen and oxygen atoms in total. The Morgan fingerprint density at radius 1 is 0.911 bits per heavy atom. The molecule has 2 fully saturated rings. The molecule has 2 N–H and O–H groups in total. The Morgan fingerprint density at radius 3 is 2.16 bits per heavy atom. The van der Waals surface area contributed by atoms with Crippen LogP contribution in [0.25, 0.3) is 0 Å². The van der Waals surface area contributed by atoms with E-state index in [-0.39, 0.29) is 23.8 Å². The standard InChI is InChI=1S/C37H53N5O3/c1-26(2)25-42(31-14-19-40(20-15-31)28(4)43)32-16-21-41(22-17-32)37(45)35(23-29-11-9-27(3)10-12-29)39-36(44)24-34-33-8-6-5-7-30(33)13-18-38-34/h5-12,26,31-32,34-35,38H,13-25H2,1-4H3,(H,39,44)/t34-,35-/m1/s1. The lowest BCUT2D eigenvalue weighted by atomic mass is 9.92. The normalized spacial score (nSPS) is 20.3. The fourth-order valence-corrected chi connectivity index (χ4v) is 7.54. The van der Waals surface area contributed by atoms with Crippen molar-refractivity contribution in [3.05, 3.63) is 70.8 Å². The molecule has 3 aliphatic rings. The third kappa shape index (κ3) is 8.73. The lowest BCUT2D eigenvalue weighted by Crippen LogP contribution is -2.56. The van der Waals surface area contributed by atoms with Crippen molar-refractivity contribution in [2.24, 2.45) is 5.92 Å². The van der Waals surface area contributed by atoms with Gasteiger partial charge in [0.1, 0.15) is 6.04 Å². The largest absolute Gasteiger partial charge is 0.344 e. The Bertz CT molecular complexity index is 1300. The predicted molar refractivity (Wildman–Crippen MR) is 179 cm³/mol. The van der Waals surface area contributed by atoms with Crippen molar-refractivity contribution in [3.63, 3.8) is 0 Å². The summed E-state index contributed by atoms with van der Waals surface area (Å²) < 4.78 is 0. The van der Waals surface area contributed by atoms with E-state index in [1.807, 2.05) is 15.9 Å². The van der Waals surface area contributed by atoms with Gasteiger partial charge in [-0.25, -0.2) is 0 Å². The highest BCUT2D eigenvalue weighted by molar-refractivity contribution is 5.88. The Labute approximate surface area is 269 Å². The van der Waals surface area contributed by atoms with Gasteiger partial charge in [0.15, 0.2) is 0 Å². The first kappa shape index (κ1) is 33.1. The molecule has 0 aliphatic carbocycles. The summed E-state index contributed by atoms with van der Waals surface area (Å²) in [6, 6.07) is 16.8. The summed E-state index contributed by atoms with van der Waals surface area (Å²) in [5.74, 6) is 0.645. The van der Waals surface area contributed by atoms with Gasteiger partial charge >= 0.3 is 0 Å². The second-order valence-corrected chi connectivity index (χ2v) is 13.9. The number of amides is 3. The van der Waals surface area contributed by atoms with Crippen LogP contribution in [0.4, 0.5) is 0 Å². The maximum absolute atomic E-state index is 14.1. The number of likely N-dealkylation sites (tertiary alicyclic amines) is 2. The number of rotatable bonds is 10. The van der Waals surface area contributed by atoms with Crippen molar-refractivity contribution in [3.8, 4) is 0 Å². The number of nitrogens with one attached hydrogen (secondary N) is 2. The molecule has 2 saturated heterocycles. The zero-order chi connectivity index (χ0) is 31.9. The highest BCUT2D eigenvalue weighted by atomic mass is 16.2. The molecule has 5 rings (SSSR count). The quantitative estimate of drug-likeness (QED) is 0.418. The number of hydrogen-bond acceptors (Lipinski definition) is 5. The zero-order valence-electron chi connectivity index (χ0n) is 27.8. The van der Waals surface area contributed by atoms with Crippen LogP contribution >= 0.6 is 0 Å². The Morgan fingerprint density at radius 2 is 1.53 bits per heavy atom. The number of aryl methyl sites for hydroxylation is 1. The monoisotopic (exact) mass is 615 g/mol. The molecule has 2 aromatic rings. The predicted octanol–water partition coefficient (Wildman–Crippen LogP) is 4.26. The van der Waals surface area contributed by atoms with E-state index in [0.717, 1.165) is 63.8 Å². The van der Waals surface area contributed by atoms with Gasteiger partial charge in [-0.1, -0.05) is 67.9 Å². The molecule has 3 heterocycles. The van der Waals surface area contributed by atoms with E-state index in [0.29, 0.717) is 43.9 Å². The first-order chi connectivity index (χ1) is 21.7. The third-order valence-electron chi connectivity index (χ3n) is 10.00. The van der Waals surface area contributed by atoms with Gasteiger partial charge in [-0.2, -0.15) is 0 Å². The molecule has 3 amide bonds. The summed E-state index contributed by atoms with van der Waals surface area (Å²) in [6.07, 6.45) is 5.63. The summed E-state index contributed by atoms with van der Waals surface area (Å²) in [4.78, 5) is 46.1. The van der Waals surface area contributed by atoms with Gasteiger partial charge < -0.3 is 20.4 Å². The zero-order valence-corrected chi connectivity index (χ0v) is 27.8. The van der Waals surface area contributed by atoms with Crippen LogP contribution in [0.3, 0.4) is 0 Å². The number of fused-ring (bicyclic) bond motifs is 1. The lowest BCUT2D eigenvalue weighted by molar-refractivity contribution is -0.138. The molecule has 3 aliphatic heterocycles.